The lowest BCUT2D eigenvalue weighted by molar-refractivity contribution is -0.141. The molecule has 0 aliphatic heterocycles. The van der Waals surface area contributed by atoms with Gasteiger partial charge in [0.1, 0.15) is 11.9 Å². The first kappa shape index (κ1) is 25.6. The molecule has 0 radical (unpaired) electrons. The van der Waals surface area contributed by atoms with Crippen molar-refractivity contribution >= 4 is 11.8 Å². The second-order valence-electron chi connectivity index (χ2n) is 9.82. The molecule has 1 aliphatic carbocycles. The third-order valence-corrected chi connectivity index (χ3v) is 7.00. The maximum Gasteiger partial charge on any atom is 0.243 e. The van der Waals surface area contributed by atoms with Gasteiger partial charge < -0.3 is 10.2 Å². The van der Waals surface area contributed by atoms with Crippen LogP contribution in [0, 0.1) is 12.7 Å². The number of nitrogens with one attached hydrogen (secondary N) is 1. The first-order valence-corrected chi connectivity index (χ1v) is 12.9. The van der Waals surface area contributed by atoms with Crippen LogP contribution in [0.1, 0.15) is 54.4 Å². The van der Waals surface area contributed by atoms with Gasteiger partial charge in [0.15, 0.2) is 0 Å². The number of carbonyl (C=O) groups is 2. The van der Waals surface area contributed by atoms with Crippen molar-refractivity contribution in [3.05, 3.63) is 107 Å². The minimum Gasteiger partial charge on any atom is -0.352 e. The molecular weight excluding hydrogens is 451 g/mol. The average Bonchev–Trinajstić information content (AvgIpc) is 2.89. The molecule has 1 atom stereocenters. The first-order chi connectivity index (χ1) is 17.5. The maximum atomic E-state index is 14.5. The van der Waals surface area contributed by atoms with E-state index in [-0.39, 0.29) is 30.8 Å². The van der Waals surface area contributed by atoms with Crippen molar-refractivity contribution in [1.82, 2.24) is 10.2 Å². The van der Waals surface area contributed by atoms with E-state index in [0.29, 0.717) is 12.0 Å². The highest BCUT2D eigenvalue weighted by molar-refractivity contribution is 5.89. The monoisotopic (exact) mass is 486 g/mol. The molecule has 36 heavy (non-hydrogen) atoms. The third kappa shape index (κ3) is 7.03. The second kappa shape index (κ2) is 12.5. The summed E-state index contributed by atoms with van der Waals surface area (Å²) in [7, 11) is 0. The van der Waals surface area contributed by atoms with Crippen molar-refractivity contribution in [1.29, 1.82) is 0 Å². The number of hydrogen-bond acceptors (Lipinski definition) is 2. The zero-order valence-corrected chi connectivity index (χ0v) is 21.0. The summed E-state index contributed by atoms with van der Waals surface area (Å²) in [6.07, 6.45) is 5.63. The number of benzene rings is 3. The Hall–Kier alpha value is -3.47. The Morgan fingerprint density at radius 2 is 1.56 bits per heavy atom. The minimum absolute atomic E-state index is 0.0967. The van der Waals surface area contributed by atoms with Gasteiger partial charge in [0.05, 0.1) is 6.42 Å². The topological polar surface area (TPSA) is 49.4 Å². The number of aryl methyl sites for hydroxylation is 1. The molecule has 0 heterocycles. The van der Waals surface area contributed by atoms with Gasteiger partial charge >= 0.3 is 0 Å². The Labute approximate surface area is 213 Å². The van der Waals surface area contributed by atoms with Crippen molar-refractivity contribution in [2.45, 2.75) is 70.5 Å². The Morgan fingerprint density at radius 3 is 2.25 bits per heavy atom. The third-order valence-electron chi connectivity index (χ3n) is 7.00. The van der Waals surface area contributed by atoms with Crippen LogP contribution in [-0.4, -0.2) is 28.8 Å². The average molecular weight is 487 g/mol. The number of hydrogen-bond donors (Lipinski definition) is 1. The summed E-state index contributed by atoms with van der Waals surface area (Å²) in [6, 6.07) is 23.5. The predicted octanol–water partition coefficient (Wildman–Crippen LogP) is 5.77. The van der Waals surface area contributed by atoms with Gasteiger partial charge in [-0.25, -0.2) is 4.39 Å². The fraction of sp³-hybridized carbons (Fsp3) is 0.355. The van der Waals surface area contributed by atoms with E-state index >= 15 is 0 Å². The van der Waals surface area contributed by atoms with Gasteiger partial charge in [-0.15, -0.1) is 0 Å². The van der Waals surface area contributed by atoms with Crippen molar-refractivity contribution in [3.63, 3.8) is 0 Å². The highest BCUT2D eigenvalue weighted by Crippen LogP contribution is 2.21. The lowest BCUT2D eigenvalue weighted by Gasteiger charge is -2.33. The minimum atomic E-state index is -0.699. The van der Waals surface area contributed by atoms with E-state index in [1.54, 1.807) is 23.1 Å². The lowest BCUT2D eigenvalue weighted by Crippen LogP contribution is -2.53. The number of amides is 2. The molecule has 4 nitrogen and oxygen atoms in total. The molecule has 1 aliphatic rings. The van der Waals surface area contributed by atoms with Crippen LogP contribution in [0.4, 0.5) is 4.39 Å². The zero-order chi connectivity index (χ0) is 25.3. The van der Waals surface area contributed by atoms with E-state index in [0.717, 1.165) is 42.4 Å². The van der Waals surface area contributed by atoms with E-state index in [1.165, 1.54) is 12.5 Å². The summed E-state index contributed by atoms with van der Waals surface area (Å²) in [4.78, 5) is 29.1. The molecule has 4 rings (SSSR count). The molecule has 0 bridgehead atoms. The lowest BCUT2D eigenvalue weighted by atomic mass is 9.94. The van der Waals surface area contributed by atoms with Crippen LogP contribution in [0.25, 0.3) is 0 Å². The molecule has 0 saturated heterocycles. The van der Waals surface area contributed by atoms with Crippen molar-refractivity contribution in [2.24, 2.45) is 0 Å². The normalized spacial score (nSPS) is 14.7. The Morgan fingerprint density at radius 1 is 0.889 bits per heavy atom. The van der Waals surface area contributed by atoms with E-state index in [9.17, 15) is 14.0 Å². The molecule has 0 aromatic heterocycles. The van der Waals surface area contributed by atoms with E-state index in [2.05, 4.69) is 5.32 Å². The molecule has 1 fully saturated rings. The van der Waals surface area contributed by atoms with Crippen molar-refractivity contribution in [3.8, 4) is 0 Å². The summed E-state index contributed by atoms with van der Waals surface area (Å²) in [5.74, 6) is -0.812. The summed E-state index contributed by atoms with van der Waals surface area (Å²) < 4.78 is 14.5. The van der Waals surface area contributed by atoms with Crippen LogP contribution in [0.5, 0.6) is 0 Å². The summed E-state index contributed by atoms with van der Waals surface area (Å²) in [5, 5.41) is 3.24. The second-order valence-corrected chi connectivity index (χ2v) is 9.82. The molecule has 0 unspecified atom stereocenters. The molecule has 1 N–H and O–H groups in total. The summed E-state index contributed by atoms with van der Waals surface area (Å²) in [5.41, 5.74) is 3.38. The summed E-state index contributed by atoms with van der Waals surface area (Å²) >= 11 is 0. The number of nitrogens with zero attached hydrogens (tertiary/aromatic N) is 1. The zero-order valence-electron chi connectivity index (χ0n) is 21.0. The standard InChI is InChI=1S/C31H35FN2O2/c1-23-16-18-25(19-17-23)22-34(30(35)21-26-12-8-9-15-28(26)32)29(20-24-10-4-2-5-11-24)31(36)33-27-13-6-3-7-14-27/h2,4-5,8-12,15-19,27,29H,3,6-7,13-14,20-22H2,1H3,(H,33,36)/t29-/m1/s1. The van der Waals surface area contributed by atoms with Crippen LogP contribution in [0.2, 0.25) is 0 Å². The molecule has 2 amide bonds. The van der Waals surface area contributed by atoms with Crippen LogP contribution < -0.4 is 5.32 Å². The quantitative estimate of drug-likeness (QED) is 0.418. The van der Waals surface area contributed by atoms with E-state index < -0.39 is 11.9 Å². The predicted molar refractivity (Wildman–Crippen MR) is 141 cm³/mol. The highest BCUT2D eigenvalue weighted by Gasteiger charge is 2.32. The smallest absolute Gasteiger partial charge is 0.243 e. The molecule has 3 aromatic carbocycles. The molecule has 0 spiro atoms. The fourth-order valence-corrected chi connectivity index (χ4v) is 4.89. The Kier molecular flexibility index (Phi) is 8.88. The Balaban J connectivity index is 1.65. The molecule has 188 valence electrons. The fourth-order valence-electron chi connectivity index (χ4n) is 4.89. The molecular formula is C31H35FN2O2. The van der Waals surface area contributed by atoms with Gasteiger partial charge in [-0.2, -0.15) is 0 Å². The van der Waals surface area contributed by atoms with Gasteiger partial charge in [0.25, 0.3) is 0 Å². The van der Waals surface area contributed by atoms with Crippen LogP contribution in [-0.2, 0) is 29.0 Å². The Bertz CT molecular complexity index is 1140. The van der Waals surface area contributed by atoms with Crippen molar-refractivity contribution < 1.29 is 14.0 Å². The molecule has 1 saturated carbocycles. The van der Waals surface area contributed by atoms with Gasteiger partial charge in [0.2, 0.25) is 11.8 Å². The van der Waals surface area contributed by atoms with Gasteiger partial charge in [-0.1, -0.05) is 97.6 Å². The largest absolute Gasteiger partial charge is 0.352 e. The first-order valence-electron chi connectivity index (χ1n) is 12.9. The van der Waals surface area contributed by atoms with Crippen LogP contribution in [0.15, 0.2) is 78.9 Å². The molecule has 3 aromatic rings. The van der Waals surface area contributed by atoms with E-state index in [1.807, 2.05) is 61.5 Å². The van der Waals surface area contributed by atoms with Gasteiger partial charge in [0, 0.05) is 19.0 Å². The molecule has 5 heteroatoms. The van der Waals surface area contributed by atoms with Gasteiger partial charge in [-0.05, 0) is 42.5 Å². The highest BCUT2D eigenvalue weighted by atomic mass is 19.1. The van der Waals surface area contributed by atoms with Crippen molar-refractivity contribution in [2.75, 3.05) is 0 Å². The maximum absolute atomic E-state index is 14.5. The van der Waals surface area contributed by atoms with E-state index in [4.69, 9.17) is 0 Å². The van der Waals surface area contributed by atoms with Gasteiger partial charge in [-0.3, -0.25) is 9.59 Å². The number of halogens is 1. The van der Waals surface area contributed by atoms with Crippen LogP contribution >= 0.6 is 0 Å². The number of carbonyl (C=O) groups excluding carboxylic acids is 2. The number of rotatable bonds is 9. The SMILES string of the molecule is Cc1ccc(CN(C(=O)Cc2ccccc2F)[C@H](Cc2ccccc2)C(=O)NC2CCCCC2)cc1. The van der Waals surface area contributed by atoms with Crippen LogP contribution in [0.3, 0.4) is 0 Å². The summed E-state index contributed by atoms with van der Waals surface area (Å²) in [6.45, 7) is 2.30.